The summed E-state index contributed by atoms with van der Waals surface area (Å²) in [5, 5.41) is 19.6. The van der Waals surface area contributed by atoms with Gasteiger partial charge in [0.1, 0.15) is 23.8 Å². The molecule has 1 unspecified atom stereocenters. The van der Waals surface area contributed by atoms with Gasteiger partial charge in [0.25, 0.3) is 0 Å². The molecule has 1 atom stereocenters. The van der Waals surface area contributed by atoms with E-state index in [0.29, 0.717) is 12.3 Å². The molecular weight excluding hydrogens is 393 g/mol. The van der Waals surface area contributed by atoms with E-state index in [1.807, 2.05) is 24.3 Å². The van der Waals surface area contributed by atoms with Crippen LogP contribution in [-0.4, -0.2) is 27.6 Å². The van der Waals surface area contributed by atoms with Crippen LogP contribution in [0.15, 0.2) is 34.8 Å². The molecule has 1 amide bonds. The van der Waals surface area contributed by atoms with E-state index in [-0.39, 0.29) is 36.5 Å². The number of halogens is 1. The number of hydrogen-bond acceptors (Lipinski definition) is 7. The second kappa shape index (κ2) is 8.32. The van der Waals surface area contributed by atoms with Crippen molar-refractivity contribution in [2.24, 2.45) is 0 Å². The number of nitrogens with zero attached hydrogens (tertiary/aromatic N) is 4. The predicted octanol–water partition coefficient (Wildman–Crippen LogP) is 2.79. The number of rotatable bonds is 6. The van der Waals surface area contributed by atoms with Gasteiger partial charge in [-0.25, -0.2) is 9.37 Å². The summed E-state index contributed by atoms with van der Waals surface area (Å²) >= 11 is 1.57. The van der Waals surface area contributed by atoms with Gasteiger partial charge >= 0.3 is 0 Å². The van der Waals surface area contributed by atoms with Gasteiger partial charge in [-0.15, -0.1) is 21.5 Å². The van der Waals surface area contributed by atoms with E-state index in [1.165, 1.54) is 6.07 Å². The Kier molecular flexibility index (Phi) is 5.44. The van der Waals surface area contributed by atoms with Gasteiger partial charge in [-0.3, -0.25) is 4.79 Å². The Morgan fingerprint density at radius 1 is 1.38 bits per heavy atom. The summed E-state index contributed by atoms with van der Waals surface area (Å²) in [6.45, 7) is -0.0609. The van der Waals surface area contributed by atoms with Crippen molar-refractivity contribution in [2.45, 2.75) is 25.2 Å². The quantitative estimate of drug-likeness (QED) is 0.628. The van der Waals surface area contributed by atoms with Crippen LogP contribution in [0, 0.1) is 17.1 Å². The molecule has 1 aliphatic carbocycles. The first-order valence-electron chi connectivity index (χ1n) is 8.98. The van der Waals surface area contributed by atoms with Crippen LogP contribution in [0.3, 0.4) is 0 Å². The average molecular weight is 409 g/mol. The van der Waals surface area contributed by atoms with Gasteiger partial charge in [0.05, 0.1) is 18.2 Å². The predicted molar refractivity (Wildman–Crippen MR) is 103 cm³/mol. The molecule has 0 aliphatic heterocycles. The number of nitrogens with one attached hydrogen (secondary N) is 1. The Hall–Kier alpha value is -3.38. The van der Waals surface area contributed by atoms with Crippen LogP contribution in [-0.2, 0) is 24.1 Å². The molecule has 0 radical (unpaired) electrons. The number of thiazole rings is 1. The topological polar surface area (TPSA) is 105 Å². The zero-order valence-electron chi connectivity index (χ0n) is 15.3. The minimum Gasteiger partial charge on any atom is -0.424 e. The van der Waals surface area contributed by atoms with Crippen LogP contribution in [0.1, 0.15) is 38.8 Å². The molecule has 9 heteroatoms. The molecule has 1 aliphatic rings. The van der Waals surface area contributed by atoms with Gasteiger partial charge in [0.2, 0.25) is 17.7 Å². The van der Waals surface area contributed by atoms with Gasteiger partial charge in [-0.1, -0.05) is 18.2 Å². The number of fused-ring (bicyclic) bond motifs is 1. The van der Waals surface area contributed by atoms with Crippen molar-refractivity contribution in [1.82, 2.24) is 20.5 Å². The van der Waals surface area contributed by atoms with Crippen molar-refractivity contribution in [3.8, 4) is 6.07 Å². The number of nitriles is 1. The molecule has 0 saturated heterocycles. The Morgan fingerprint density at radius 3 is 3.07 bits per heavy atom. The maximum Gasteiger partial charge on any atom is 0.230 e. The molecule has 3 aromatic rings. The molecule has 29 heavy (non-hydrogen) atoms. The third-order valence-electron chi connectivity index (χ3n) is 4.43. The second-order valence-electron chi connectivity index (χ2n) is 6.52. The van der Waals surface area contributed by atoms with Crippen molar-refractivity contribution < 1.29 is 13.6 Å². The number of amides is 1. The highest BCUT2D eigenvalue weighted by Gasteiger charge is 2.21. The lowest BCUT2D eigenvalue weighted by molar-refractivity contribution is -0.120. The summed E-state index contributed by atoms with van der Waals surface area (Å²) in [5.74, 6) is 0.112. The first-order valence-corrected chi connectivity index (χ1v) is 9.79. The number of carbonyl (C=O) groups excluding carboxylic acids is 1. The lowest BCUT2D eigenvalue weighted by Gasteiger charge is -2.16. The largest absolute Gasteiger partial charge is 0.424 e. The molecule has 146 valence electrons. The summed E-state index contributed by atoms with van der Waals surface area (Å²) in [7, 11) is 0. The fourth-order valence-electron chi connectivity index (χ4n) is 3.11. The normalized spacial score (nSPS) is 15.0. The lowest BCUT2D eigenvalue weighted by Crippen LogP contribution is -2.25. The molecule has 0 bridgehead atoms. The molecule has 0 saturated carbocycles. The van der Waals surface area contributed by atoms with E-state index in [9.17, 15) is 9.18 Å². The maximum absolute atomic E-state index is 13.5. The molecule has 7 nitrogen and oxygen atoms in total. The summed E-state index contributed by atoms with van der Waals surface area (Å²) in [6, 6.07) is 8.49. The zero-order chi connectivity index (χ0) is 20.2. The van der Waals surface area contributed by atoms with E-state index in [0.717, 1.165) is 27.6 Å². The molecular formula is C20H16FN5O2S. The highest BCUT2D eigenvalue weighted by Crippen LogP contribution is 2.34. The highest BCUT2D eigenvalue weighted by molar-refractivity contribution is 7.11. The first-order chi connectivity index (χ1) is 14.1. The van der Waals surface area contributed by atoms with Crippen molar-refractivity contribution in [3.63, 3.8) is 0 Å². The van der Waals surface area contributed by atoms with Gasteiger partial charge in [-0.05, 0) is 30.2 Å². The van der Waals surface area contributed by atoms with Crippen LogP contribution in [0.25, 0.3) is 6.08 Å². The van der Waals surface area contributed by atoms with Gasteiger partial charge in [0.15, 0.2) is 0 Å². The molecule has 1 aromatic carbocycles. The van der Waals surface area contributed by atoms with E-state index in [2.05, 4.69) is 20.5 Å². The van der Waals surface area contributed by atoms with Gasteiger partial charge in [-0.2, -0.15) is 5.26 Å². The standard InChI is InChI=1S/C20H16FN5O2S/c21-14-3-1-2-12(8-14)13-4-5-15-16(9-13)29-20(24-15)11-19-26-25-18(28-19)10-17(27)23-7-6-22/h1-5,8,13H,7,9-11H2,(H,23,27). The second-order valence-corrected chi connectivity index (χ2v) is 7.69. The Labute approximate surface area is 169 Å². The number of hydrogen-bond donors (Lipinski definition) is 1. The monoisotopic (exact) mass is 409 g/mol. The SMILES string of the molecule is N#CCNC(=O)Cc1nnc(Cc2nc3c(s2)CC(c2cccc(F)c2)C=C3)o1. The third-order valence-corrected chi connectivity index (χ3v) is 5.52. The Bertz CT molecular complexity index is 1110. The minimum atomic E-state index is -0.347. The van der Waals surface area contributed by atoms with E-state index < -0.39 is 0 Å². The smallest absolute Gasteiger partial charge is 0.230 e. The van der Waals surface area contributed by atoms with Crippen molar-refractivity contribution in [2.75, 3.05) is 6.54 Å². The average Bonchev–Trinajstić information content (AvgIpc) is 3.32. The van der Waals surface area contributed by atoms with Crippen LogP contribution in [0.2, 0.25) is 0 Å². The summed E-state index contributed by atoms with van der Waals surface area (Å²) in [5.41, 5.74) is 1.85. The number of aromatic nitrogens is 3. The van der Waals surface area contributed by atoms with Crippen LogP contribution in [0.5, 0.6) is 0 Å². The molecule has 1 N–H and O–H groups in total. The van der Waals surface area contributed by atoms with Gasteiger partial charge in [0, 0.05) is 10.8 Å². The number of allylic oxidation sites excluding steroid dienone is 1. The molecule has 4 rings (SSSR count). The van der Waals surface area contributed by atoms with E-state index >= 15 is 0 Å². The van der Waals surface area contributed by atoms with Crippen LogP contribution < -0.4 is 5.32 Å². The summed E-state index contributed by atoms with van der Waals surface area (Å²) < 4.78 is 19.0. The molecule has 0 spiro atoms. The van der Waals surface area contributed by atoms with Crippen LogP contribution in [0.4, 0.5) is 4.39 Å². The summed E-state index contributed by atoms with van der Waals surface area (Å²) in [4.78, 5) is 17.4. The Morgan fingerprint density at radius 2 is 2.24 bits per heavy atom. The van der Waals surface area contributed by atoms with Crippen molar-refractivity contribution in [3.05, 3.63) is 69.1 Å². The number of benzene rings is 1. The number of carbonyl (C=O) groups is 1. The molecule has 2 aromatic heterocycles. The first kappa shape index (κ1) is 19.0. The summed E-state index contributed by atoms with van der Waals surface area (Å²) in [6.07, 6.45) is 5.09. The molecule has 2 heterocycles. The van der Waals surface area contributed by atoms with E-state index in [4.69, 9.17) is 9.68 Å². The zero-order valence-corrected chi connectivity index (χ0v) is 16.1. The maximum atomic E-state index is 13.5. The van der Waals surface area contributed by atoms with Crippen molar-refractivity contribution >= 4 is 23.3 Å². The fraction of sp³-hybridized carbons (Fsp3) is 0.250. The van der Waals surface area contributed by atoms with Gasteiger partial charge < -0.3 is 9.73 Å². The molecule has 0 fully saturated rings. The minimum absolute atomic E-state index is 0.0609. The van der Waals surface area contributed by atoms with Crippen LogP contribution >= 0.6 is 11.3 Å². The van der Waals surface area contributed by atoms with E-state index in [1.54, 1.807) is 23.5 Å². The fourth-order valence-corrected chi connectivity index (χ4v) is 4.21. The van der Waals surface area contributed by atoms with Crippen molar-refractivity contribution in [1.29, 1.82) is 5.26 Å². The highest BCUT2D eigenvalue weighted by atomic mass is 32.1. The lowest BCUT2D eigenvalue weighted by atomic mass is 9.91. The third kappa shape index (κ3) is 4.55. The Balaban J connectivity index is 1.41.